The van der Waals surface area contributed by atoms with Gasteiger partial charge < -0.3 is 33.8 Å². The predicted octanol–water partition coefficient (Wildman–Crippen LogP) is 26.5. The summed E-state index contributed by atoms with van der Waals surface area (Å²) in [6.45, 7) is 5.06. The second kappa shape index (κ2) is 80.1. The van der Waals surface area contributed by atoms with Crippen molar-refractivity contribution >= 4 is 39.5 Å². The highest BCUT2D eigenvalue weighted by Gasteiger charge is 2.30. The van der Waals surface area contributed by atoms with Crippen molar-refractivity contribution in [3.05, 3.63) is 0 Å². The highest BCUT2D eigenvalue weighted by Crippen LogP contribution is 2.45. The number of carbonyl (C=O) groups is 4. The number of ether oxygens (including phenoxy) is 4. The molecule has 0 aromatic carbocycles. The summed E-state index contributed by atoms with van der Waals surface area (Å²) in [6, 6.07) is 0. The van der Waals surface area contributed by atoms with Gasteiger partial charge in [0.15, 0.2) is 12.2 Å². The van der Waals surface area contributed by atoms with Crippen LogP contribution in [0, 0.1) is 0 Å². The lowest BCUT2D eigenvalue weighted by Crippen LogP contribution is -2.30. The Kier molecular flexibility index (Phi) is 78.6. The number of carbonyl (C=O) groups excluding carboxylic acids is 4. The Morgan fingerprint density at radius 3 is 0.562 bits per heavy atom. The number of phosphoric acid groups is 2. The van der Waals surface area contributed by atoms with Crippen LogP contribution < -0.4 is 0 Å². The number of esters is 4. The van der Waals surface area contributed by atoms with E-state index in [2.05, 4.69) is 27.7 Å². The first-order chi connectivity index (χ1) is 51.2. The van der Waals surface area contributed by atoms with Gasteiger partial charge in [0.25, 0.3) is 0 Å². The Morgan fingerprint density at radius 2 is 0.381 bits per heavy atom. The van der Waals surface area contributed by atoms with Crippen molar-refractivity contribution < 1.29 is 80.2 Å². The van der Waals surface area contributed by atoms with E-state index in [1.807, 2.05) is 0 Å². The Bertz CT molecular complexity index is 1980. The van der Waals surface area contributed by atoms with Crippen LogP contribution in [0.15, 0.2) is 0 Å². The van der Waals surface area contributed by atoms with Crippen molar-refractivity contribution in [2.75, 3.05) is 39.6 Å². The van der Waals surface area contributed by atoms with Crippen molar-refractivity contribution in [3.63, 3.8) is 0 Å². The van der Waals surface area contributed by atoms with Gasteiger partial charge in [-0.1, -0.05) is 419 Å². The highest BCUT2D eigenvalue weighted by molar-refractivity contribution is 7.47. The molecule has 0 amide bonds. The van der Waals surface area contributed by atoms with Crippen LogP contribution in [-0.2, 0) is 65.4 Å². The molecular formula is C86H168O17P2. The zero-order valence-corrected chi connectivity index (χ0v) is 70.5. The van der Waals surface area contributed by atoms with Crippen LogP contribution >= 0.6 is 15.6 Å². The summed E-state index contributed by atoms with van der Waals surface area (Å²) >= 11 is 0. The molecule has 0 aliphatic rings. The molecule has 0 aliphatic carbocycles. The normalized spacial score (nSPS) is 13.7. The lowest BCUT2D eigenvalue weighted by atomic mass is 10.0. The number of unbranched alkanes of at least 4 members (excludes halogenated alkanes) is 61. The fourth-order valence-corrected chi connectivity index (χ4v) is 15.1. The van der Waals surface area contributed by atoms with Gasteiger partial charge in [0, 0.05) is 25.7 Å². The van der Waals surface area contributed by atoms with Crippen molar-refractivity contribution in [3.8, 4) is 0 Å². The molecular weight excluding hydrogens is 1370 g/mol. The van der Waals surface area contributed by atoms with E-state index in [0.717, 1.165) is 89.9 Å². The average molecular weight is 1540 g/mol. The molecule has 0 saturated heterocycles. The van der Waals surface area contributed by atoms with Crippen LogP contribution in [0.4, 0.5) is 0 Å². The molecule has 624 valence electrons. The standard InChI is InChI=1S/C86H168O17P2/c1-5-9-13-17-21-25-29-32-35-38-39-40-41-43-46-49-53-57-61-65-69-73-86(91)103-82(77-97-84(89)71-67-63-59-55-51-47-45-42-36-33-30-26-22-18-14-10-6-2)79-101-105(94,95)99-75-80(87)74-98-104(92,93)100-78-81(76-96-83(88)70-66-62-58-54-50-28-24-20-16-12-8-4)102-85(90)72-68-64-60-56-52-48-44-37-34-31-27-23-19-15-11-7-3/h80-82,87H,5-79H2,1-4H3,(H,92,93)(H,94,95)/t80-,81+,82+/m0/s1. The number of aliphatic hydroxyl groups excluding tert-OH is 1. The van der Waals surface area contributed by atoms with Crippen molar-refractivity contribution in [1.82, 2.24) is 0 Å². The molecule has 0 fully saturated rings. The number of phosphoric ester groups is 2. The Labute approximate surface area is 645 Å². The topological polar surface area (TPSA) is 237 Å². The van der Waals surface area contributed by atoms with Crippen molar-refractivity contribution in [1.29, 1.82) is 0 Å². The fourth-order valence-electron chi connectivity index (χ4n) is 13.5. The molecule has 2 unspecified atom stereocenters. The molecule has 19 heteroatoms. The van der Waals surface area contributed by atoms with Gasteiger partial charge in [0.2, 0.25) is 0 Å². The molecule has 17 nitrogen and oxygen atoms in total. The number of aliphatic hydroxyl groups is 1. The third-order valence-electron chi connectivity index (χ3n) is 20.4. The number of hydrogen-bond donors (Lipinski definition) is 3. The summed E-state index contributed by atoms with van der Waals surface area (Å²) < 4.78 is 68.9. The van der Waals surface area contributed by atoms with E-state index in [9.17, 15) is 43.2 Å². The predicted molar refractivity (Wildman–Crippen MR) is 432 cm³/mol. The van der Waals surface area contributed by atoms with Gasteiger partial charge in [0.05, 0.1) is 26.4 Å². The number of rotatable bonds is 87. The Morgan fingerprint density at radius 1 is 0.229 bits per heavy atom. The smallest absolute Gasteiger partial charge is 0.462 e. The maximum Gasteiger partial charge on any atom is 0.472 e. The Balaban J connectivity index is 5.23. The minimum absolute atomic E-state index is 0.109. The first kappa shape index (κ1) is 103. The van der Waals surface area contributed by atoms with Gasteiger partial charge in [-0.25, -0.2) is 9.13 Å². The van der Waals surface area contributed by atoms with E-state index in [1.165, 1.54) is 302 Å². The zero-order chi connectivity index (χ0) is 76.7. The molecule has 0 spiro atoms. The minimum Gasteiger partial charge on any atom is -0.462 e. The highest BCUT2D eigenvalue weighted by atomic mass is 31.2. The van der Waals surface area contributed by atoms with Gasteiger partial charge in [0.1, 0.15) is 19.3 Å². The van der Waals surface area contributed by atoms with Gasteiger partial charge >= 0.3 is 39.5 Å². The molecule has 3 N–H and O–H groups in total. The third-order valence-corrected chi connectivity index (χ3v) is 22.3. The average Bonchev–Trinajstić information content (AvgIpc) is 0.967. The molecule has 5 atom stereocenters. The summed E-state index contributed by atoms with van der Waals surface area (Å²) in [6.07, 6.45) is 74.9. The van der Waals surface area contributed by atoms with Gasteiger partial charge in [-0.15, -0.1) is 0 Å². The van der Waals surface area contributed by atoms with E-state index in [1.54, 1.807) is 0 Å². The van der Waals surface area contributed by atoms with Gasteiger partial charge in [-0.05, 0) is 25.7 Å². The monoisotopic (exact) mass is 1540 g/mol. The fraction of sp³-hybridized carbons (Fsp3) is 0.953. The lowest BCUT2D eigenvalue weighted by molar-refractivity contribution is -0.161. The summed E-state index contributed by atoms with van der Waals surface area (Å²) in [7, 11) is -9.93. The second-order valence-corrected chi connectivity index (χ2v) is 33.8. The van der Waals surface area contributed by atoms with Crippen molar-refractivity contribution in [2.24, 2.45) is 0 Å². The summed E-state index contributed by atoms with van der Waals surface area (Å²) in [5.74, 6) is -2.10. The van der Waals surface area contributed by atoms with Crippen LogP contribution in [-0.4, -0.2) is 96.7 Å². The maximum atomic E-state index is 13.1. The van der Waals surface area contributed by atoms with Crippen LogP contribution in [0.1, 0.15) is 471 Å². The lowest BCUT2D eigenvalue weighted by Gasteiger charge is -2.21. The second-order valence-electron chi connectivity index (χ2n) is 30.9. The molecule has 0 saturated carbocycles. The van der Waals surface area contributed by atoms with E-state index < -0.39 is 97.5 Å². The van der Waals surface area contributed by atoms with Gasteiger partial charge in [-0.2, -0.15) is 0 Å². The molecule has 0 bridgehead atoms. The van der Waals surface area contributed by atoms with E-state index in [0.29, 0.717) is 25.7 Å². The SMILES string of the molecule is CCCCCCCCCCCCCCCCCCCCCCCC(=O)O[C@H](COC(=O)CCCCCCCCCCCCCCCCCCC)COP(=O)(O)OC[C@@H](O)COP(=O)(O)OC[C@@H](COC(=O)CCCCCCCCCCCCC)OC(=O)CCCCCCCCCCCCCCCCCC. The molecule has 0 radical (unpaired) electrons. The first-order valence-corrected chi connectivity index (χ1v) is 47.8. The van der Waals surface area contributed by atoms with Crippen LogP contribution in [0.3, 0.4) is 0 Å². The van der Waals surface area contributed by atoms with Crippen LogP contribution in [0.5, 0.6) is 0 Å². The van der Waals surface area contributed by atoms with E-state index in [-0.39, 0.29) is 25.7 Å². The minimum atomic E-state index is -4.96. The molecule has 0 aromatic rings. The molecule has 105 heavy (non-hydrogen) atoms. The molecule has 0 heterocycles. The van der Waals surface area contributed by atoms with E-state index in [4.69, 9.17) is 37.0 Å². The molecule has 0 rings (SSSR count). The summed E-state index contributed by atoms with van der Waals surface area (Å²) in [5.41, 5.74) is 0. The van der Waals surface area contributed by atoms with Gasteiger partial charge in [-0.3, -0.25) is 37.3 Å². The third kappa shape index (κ3) is 79.9. The van der Waals surface area contributed by atoms with Crippen LogP contribution in [0.25, 0.3) is 0 Å². The first-order valence-electron chi connectivity index (χ1n) is 44.8. The van der Waals surface area contributed by atoms with Crippen molar-refractivity contribution in [2.45, 2.75) is 489 Å². The number of hydrogen-bond acceptors (Lipinski definition) is 15. The van der Waals surface area contributed by atoms with Crippen LogP contribution in [0.2, 0.25) is 0 Å². The zero-order valence-electron chi connectivity index (χ0n) is 68.7. The summed E-state index contributed by atoms with van der Waals surface area (Å²) in [4.78, 5) is 73.2. The largest absolute Gasteiger partial charge is 0.472 e. The Hall–Kier alpha value is -1.94. The molecule has 0 aliphatic heterocycles. The van der Waals surface area contributed by atoms with E-state index >= 15 is 0 Å². The quantitative estimate of drug-likeness (QED) is 0.0222. The maximum absolute atomic E-state index is 13.1. The summed E-state index contributed by atoms with van der Waals surface area (Å²) in [5, 5.41) is 10.7. The molecule has 0 aromatic heterocycles.